The largest absolute Gasteiger partial charge is 0.384 e. The van der Waals surface area contributed by atoms with E-state index < -0.39 is 0 Å². The predicted molar refractivity (Wildman–Crippen MR) is 157 cm³/mol. The lowest BCUT2D eigenvalue weighted by molar-refractivity contribution is 0.628. The van der Waals surface area contributed by atoms with E-state index in [-0.39, 0.29) is 5.82 Å². The Morgan fingerprint density at radius 3 is 2.70 bits per heavy atom. The molecule has 40 heavy (non-hydrogen) atoms. The van der Waals surface area contributed by atoms with Gasteiger partial charge in [-0.2, -0.15) is 5.10 Å². The van der Waals surface area contributed by atoms with Crippen LogP contribution in [0.3, 0.4) is 0 Å². The molecule has 5 N–H and O–H groups in total. The van der Waals surface area contributed by atoms with Crippen LogP contribution in [0.25, 0.3) is 55.8 Å². The molecule has 9 nitrogen and oxygen atoms in total. The van der Waals surface area contributed by atoms with Gasteiger partial charge >= 0.3 is 0 Å². The SMILES string of the molecule is CCNCc1cncc(-c2ccc3[nH]nc(-c4nc5c(-c6cc(F)cc(NCCNC)c6)nccc5[nH]4)c3c2)c1. The van der Waals surface area contributed by atoms with E-state index in [1.165, 1.54) is 12.1 Å². The minimum atomic E-state index is -0.339. The molecule has 4 aromatic heterocycles. The fourth-order valence-corrected chi connectivity index (χ4v) is 4.80. The highest BCUT2D eigenvalue weighted by Gasteiger charge is 2.17. The van der Waals surface area contributed by atoms with E-state index in [0.29, 0.717) is 40.5 Å². The molecular weight excluding hydrogens is 505 g/mol. The Morgan fingerprint density at radius 1 is 0.900 bits per heavy atom. The van der Waals surface area contributed by atoms with Crippen LogP contribution in [0.4, 0.5) is 10.1 Å². The van der Waals surface area contributed by atoms with Crippen LogP contribution in [0.15, 0.2) is 67.1 Å². The Hall–Kier alpha value is -4.67. The number of benzene rings is 2. The molecule has 4 heterocycles. The first-order valence-corrected chi connectivity index (χ1v) is 13.3. The van der Waals surface area contributed by atoms with Gasteiger partial charge in [-0.1, -0.05) is 13.0 Å². The summed E-state index contributed by atoms with van der Waals surface area (Å²) in [6, 6.07) is 15.0. The van der Waals surface area contributed by atoms with Crippen LogP contribution in [0.2, 0.25) is 0 Å². The number of halogens is 1. The molecule has 0 aliphatic rings. The van der Waals surface area contributed by atoms with Crippen molar-refractivity contribution in [3.8, 4) is 33.9 Å². The number of nitrogens with one attached hydrogen (secondary N) is 5. The highest BCUT2D eigenvalue weighted by atomic mass is 19.1. The second-order valence-corrected chi connectivity index (χ2v) is 9.59. The fraction of sp³-hybridized carbons (Fsp3) is 0.200. The van der Waals surface area contributed by atoms with E-state index in [1.807, 2.05) is 37.6 Å². The number of pyridine rings is 2. The number of hydrogen-bond acceptors (Lipinski definition) is 7. The molecule has 0 saturated heterocycles. The van der Waals surface area contributed by atoms with Gasteiger partial charge in [0.15, 0.2) is 5.82 Å². The highest BCUT2D eigenvalue weighted by molar-refractivity contribution is 5.97. The number of aromatic amines is 2. The number of likely N-dealkylation sites (N-methyl/N-ethyl adjacent to an activating group) is 1. The molecule has 0 aliphatic carbocycles. The molecule has 0 atom stereocenters. The summed E-state index contributed by atoms with van der Waals surface area (Å²) in [7, 11) is 1.88. The summed E-state index contributed by atoms with van der Waals surface area (Å²) >= 11 is 0. The van der Waals surface area contributed by atoms with E-state index >= 15 is 0 Å². The third-order valence-corrected chi connectivity index (χ3v) is 6.77. The number of anilines is 1. The lowest BCUT2D eigenvalue weighted by Gasteiger charge is -2.09. The normalized spacial score (nSPS) is 11.5. The number of nitrogens with zero attached hydrogens (tertiary/aromatic N) is 4. The average molecular weight is 536 g/mol. The zero-order valence-electron chi connectivity index (χ0n) is 22.3. The molecule has 202 valence electrons. The minimum absolute atomic E-state index is 0.339. The van der Waals surface area contributed by atoms with Gasteiger partial charge in [0.1, 0.15) is 17.0 Å². The molecule has 6 aromatic rings. The van der Waals surface area contributed by atoms with E-state index in [4.69, 9.17) is 4.98 Å². The molecule has 6 rings (SSSR count). The molecule has 0 spiro atoms. The van der Waals surface area contributed by atoms with Gasteiger partial charge in [-0.15, -0.1) is 0 Å². The van der Waals surface area contributed by atoms with Crippen molar-refractivity contribution in [2.75, 3.05) is 32.0 Å². The van der Waals surface area contributed by atoms with Crippen molar-refractivity contribution in [2.45, 2.75) is 13.5 Å². The van der Waals surface area contributed by atoms with Crippen LogP contribution in [0, 0.1) is 5.82 Å². The maximum absolute atomic E-state index is 14.6. The third kappa shape index (κ3) is 5.14. The first-order valence-electron chi connectivity index (χ1n) is 13.3. The van der Waals surface area contributed by atoms with Gasteiger partial charge in [-0.05, 0) is 67.2 Å². The standard InChI is InChI=1S/C30H30FN9/c1-3-33-15-18-10-21(17-34-16-18)19-4-5-25-24(13-19)28(40-39-25)30-37-26-6-7-36-27(29(26)38-30)20-11-22(31)14-23(12-20)35-9-8-32-2/h4-7,10-14,16-17,32-33,35H,3,8-9,15H2,1-2H3,(H,37,38)(H,39,40). The van der Waals surface area contributed by atoms with Crippen molar-refractivity contribution in [1.82, 2.24) is 40.8 Å². The first-order chi connectivity index (χ1) is 19.6. The van der Waals surface area contributed by atoms with Gasteiger partial charge in [0.05, 0.1) is 16.7 Å². The molecule has 0 radical (unpaired) electrons. The smallest absolute Gasteiger partial charge is 0.159 e. The summed E-state index contributed by atoms with van der Waals surface area (Å²) in [5.41, 5.74) is 8.18. The molecule has 0 unspecified atom stereocenters. The van der Waals surface area contributed by atoms with Crippen LogP contribution in [-0.4, -0.2) is 56.8 Å². The van der Waals surface area contributed by atoms with Crippen molar-refractivity contribution in [3.05, 3.63) is 78.5 Å². The highest BCUT2D eigenvalue weighted by Crippen LogP contribution is 2.33. The van der Waals surface area contributed by atoms with Crippen molar-refractivity contribution in [1.29, 1.82) is 0 Å². The van der Waals surface area contributed by atoms with Gasteiger partial charge in [0, 0.05) is 60.4 Å². The summed E-state index contributed by atoms with van der Waals surface area (Å²) in [6.07, 6.45) is 5.46. The van der Waals surface area contributed by atoms with Crippen molar-refractivity contribution >= 4 is 27.6 Å². The average Bonchev–Trinajstić information content (AvgIpc) is 3.60. The quantitative estimate of drug-likeness (QED) is 0.155. The Morgan fingerprint density at radius 2 is 1.82 bits per heavy atom. The van der Waals surface area contributed by atoms with E-state index in [2.05, 4.69) is 66.2 Å². The monoisotopic (exact) mass is 535 g/mol. The van der Waals surface area contributed by atoms with Crippen molar-refractivity contribution < 1.29 is 4.39 Å². The number of fused-ring (bicyclic) bond motifs is 2. The minimum Gasteiger partial charge on any atom is -0.384 e. The predicted octanol–water partition coefficient (Wildman–Crippen LogP) is 5.11. The Kier molecular flexibility index (Phi) is 7.17. The molecule has 10 heteroatoms. The van der Waals surface area contributed by atoms with Gasteiger partial charge < -0.3 is 20.9 Å². The maximum atomic E-state index is 14.6. The van der Waals surface area contributed by atoms with Crippen LogP contribution in [0.1, 0.15) is 12.5 Å². The number of rotatable bonds is 10. The van der Waals surface area contributed by atoms with Crippen LogP contribution in [-0.2, 0) is 6.54 Å². The van der Waals surface area contributed by atoms with E-state index in [1.54, 1.807) is 6.20 Å². The Labute approximate surface area is 230 Å². The molecule has 0 bridgehead atoms. The summed E-state index contributed by atoms with van der Waals surface area (Å²) < 4.78 is 14.6. The summed E-state index contributed by atoms with van der Waals surface area (Å²) in [4.78, 5) is 17.3. The van der Waals surface area contributed by atoms with Crippen molar-refractivity contribution in [3.63, 3.8) is 0 Å². The second-order valence-electron chi connectivity index (χ2n) is 9.59. The fourth-order valence-electron chi connectivity index (χ4n) is 4.80. The van der Waals surface area contributed by atoms with Crippen LogP contribution < -0.4 is 16.0 Å². The third-order valence-electron chi connectivity index (χ3n) is 6.77. The molecule has 0 fully saturated rings. The van der Waals surface area contributed by atoms with Crippen LogP contribution in [0.5, 0.6) is 0 Å². The topological polar surface area (TPSA) is 119 Å². The number of imidazole rings is 1. The molecular formula is C30H30FN9. The first kappa shape index (κ1) is 25.6. The lowest BCUT2D eigenvalue weighted by Crippen LogP contribution is -2.17. The Bertz CT molecular complexity index is 1790. The van der Waals surface area contributed by atoms with Gasteiger partial charge in [-0.3, -0.25) is 15.1 Å². The summed E-state index contributed by atoms with van der Waals surface area (Å²) in [6.45, 7) is 5.19. The Balaban J connectivity index is 1.38. The molecule has 2 aromatic carbocycles. The van der Waals surface area contributed by atoms with Gasteiger partial charge in [-0.25, -0.2) is 9.37 Å². The zero-order valence-corrected chi connectivity index (χ0v) is 22.3. The van der Waals surface area contributed by atoms with Crippen LogP contribution >= 0.6 is 0 Å². The summed E-state index contributed by atoms with van der Waals surface area (Å²) in [5.74, 6) is 0.268. The molecule has 0 amide bonds. The van der Waals surface area contributed by atoms with E-state index in [9.17, 15) is 4.39 Å². The van der Waals surface area contributed by atoms with Gasteiger partial charge in [0.25, 0.3) is 0 Å². The number of hydrogen-bond donors (Lipinski definition) is 5. The molecule has 0 saturated carbocycles. The molecule has 0 aliphatic heterocycles. The second kappa shape index (κ2) is 11.2. The zero-order chi connectivity index (χ0) is 27.5. The summed E-state index contributed by atoms with van der Waals surface area (Å²) in [5, 5.41) is 18.3. The lowest BCUT2D eigenvalue weighted by atomic mass is 10.0. The number of aromatic nitrogens is 6. The van der Waals surface area contributed by atoms with Crippen molar-refractivity contribution in [2.24, 2.45) is 0 Å². The van der Waals surface area contributed by atoms with E-state index in [0.717, 1.165) is 52.7 Å². The number of H-pyrrole nitrogens is 2. The van der Waals surface area contributed by atoms with Gasteiger partial charge in [0.2, 0.25) is 0 Å². The maximum Gasteiger partial charge on any atom is 0.159 e.